The Hall–Kier alpha value is -1.76. The zero-order valence-electron chi connectivity index (χ0n) is 10.2. The van der Waals surface area contributed by atoms with E-state index in [0.29, 0.717) is 23.3 Å². The Morgan fingerprint density at radius 1 is 1.38 bits per heavy atom. The second kappa shape index (κ2) is 4.84. The molecule has 0 aliphatic rings. The van der Waals surface area contributed by atoms with Gasteiger partial charge in [0.25, 0.3) is 0 Å². The van der Waals surface area contributed by atoms with E-state index >= 15 is 0 Å². The van der Waals surface area contributed by atoms with Gasteiger partial charge in [-0.1, -0.05) is 13.8 Å². The van der Waals surface area contributed by atoms with E-state index in [1.165, 1.54) is 0 Å². The number of anilines is 2. The van der Waals surface area contributed by atoms with Crippen molar-refractivity contribution in [3.05, 3.63) is 17.8 Å². The molecule has 0 radical (unpaired) electrons. The van der Waals surface area contributed by atoms with E-state index in [9.17, 15) is 0 Å². The van der Waals surface area contributed by atoms with Crippen LogP contribution in [0.2, 0.25) is 0 Å². The van der Waals surface area contributed by atoms with Gasteiger partial charge in [0.2, 0.25) is 0 Å². The maximum absolute atomic E-state index is 8.86. The molecule has 1 atom stereocenters. The second-order valence-electron chi connectivity index (χ2n) is 4.31. The van der Waals surface area contributed by atoms with Crippen LogP contribution in [-0.2, 0) is 0 Å². The summed E-state index contributed by atoms with van der Waals surface area (Å²) >= 11 is 0. The Labute approximate surface area is 96.7 Å². The van der Waals surface area contributed by atoms with Gasteiger partial charge in [0, 0.05) is 13.1 Å². The normalized spacial score (nSPS) is 12.2. The summed E-state index contributed by atoms with van der Waals surface area (Å²) in [5.41, 5.74) is 6.35. The number of nitrogens with zero attached hydrogens (tertiary/aromatic N) is 3. The Morgan fingerprint density at radius 2 is 2.00 bits per heavy atom. The van der Waals surface area contributed by atoms with Crippen molar-refractivity contribution < 1.29 is 0 Å². The highest BCUT2D eigenvalue weighted by Crippen LogP contribution is 2.19. The van der Waals surface area contributed by atoms with Gasteiger partial charge in [-0.3, -0.25) is 0 Å². The number of rotatable bonds is 3. The summed E-state index contributed by atoms with van der Waals surface area (Å²) in [6, 6.07) is 5.93. The van der Waals surface area contributed by atoms with Crippen molar-refractivity contribution in [2.75, 3.05) is 17.7 Å². The molecule has 16 heavy (non-hydrogen) atoms. The molecule has 1 aromatic heterocycles. The summed E-state index contributed by atoms with van der Waals surface area (Å²) in [6.45, 7) is 6.45. The molecular formula is C12H18N4. The van der Waals surface area contributed by atoms with Crippen LogP contribution in [0.15, 0.2) is 12.1 Å². The summed E-state index contributed by atoms with van der Waals surface area (Å²) in [5.74, 6) is 1.31. The van der Waals surface area contributed by atoms with Crippen LogP contribution in [-0.4, -0.2) is 18.1 Å². The summed E-state index contributed by atoms with van der Waals surface area (Å²) in [7, 11) is 1.98. The first kappa shape index (κ1) is 12.3. The molecule has 0 bridgehead atoms. The van der Waals surface area contributed by atoms with Crippen LogP contribution < -0.4 is 10.6 Å². The van der Waals surface area contributed by atoms with Gasteiger partial charge < -0.3 is 10.6 Å². The molecule has 0 fully saturated rings. The molecular weight excluding hydrogens is 200 g/mol. The summed E-state index contributed by atoms with van der Waals surface area (Å²) in [5, 5.41) is 8.86. The number of aromatic nitrogens is 1. The first-order chi connectivity index (χ1) is 7.47. The molecule has 1 aromatic rings. The average Bonchev–Trinajstić information content (AvgIpc) is 2.27. The summed E-state index contributed by atoms with van der Waals surface area (Å²) < 4.78 is 0. The predicted molar refractivity (Wildman–Crippen MR) is 66.1 cm³/mol. The van der Waals surface area contributed by atoms with Crippen LogP contribution >= 0.6 is 0 Å². The first-order valence-corrected chi connectivity index (χ1v) is 5.36. The first-order valence-electron chi connectivity index (χ1n) is 5.36. The van der Waals surface area contributed by atoms with Gasteiger partial charge in [-0.25, -0.2) is 4.98 Å². The molecule has 0 amide bonds. The minimum atomic E-state index is 0.292. The molecule has 4 heteroatoms. The van der Waals surface area contributed by atoms with E-state index < -0.39 is 0 Å². The third-order valence-corrected chi connectivity index (χ3v) is 2.95. The lowest BCUT2D eigenvalue weighted by molar-refractivity contribution is 0.502. The molecule has 0 saturated carbocycles. The third kappa shape index (κ3) is 2.43. The van der Waals surface area contributed by atoms with Crippen molar-refractivity contribution in [2.24, 2.45) is 5.92 Å². The van der Waals surface area contributed by atoms with Crippen molar-refractivity contribution in [3.8, 4) is 6.07 Å². The predicted octanol–water partition coefficient (Wildman–Crippen LogP) is 2.02. The second-order valence-corrected chi connectivity index (χ2v) is 4.31. The molecule has 0 aromatic carbocycles. The summed E-state index contributed by atoms with van der Waals surface area (Å²) in [4.78, 5) is 6.29. The molecule has 0 aliphatic heterocycles. The van der Waals surface area contributed by atoms with Crippen molar-refractivity contribution in [3.63, 3.8) is 0 Å². The lowest BCUT2D eigenvalue weighted by Gasteiger charge is -2.29. The zero-order valence-corrected chi connectivity index (χ0v) is 10.2. The maximum atomic E-state index is 8.86. The monoisotopic (exact) mass is 218 g/mol. The summed E-state index contributed by atoms with van der Waals surface area (Å²) in [6.07, 6.45) is 0. The molecule has 86 valence electrons. The molecule has 2 N–H and O–H groups in total. The Morgan fingerprint density at radius 3 is 2.50 bits per heavy atom. The number of nitrogen functional groups attached to an aromatic ring is 1. The molecule has 0 spiro atoms. The topological polar surface area (TPSA) is 65.9 Å². The average molecular weight is 218 g/mol. The van der Waals surface area contributed by atoms with E-state index in [-0.39, 0.29) is 0 Å². The molecule has 1 heterocycles. The van der Waals surface area contributed by atoms with Gasteiger partial charge in [-0.15, -0.1) is 0 Å². The number of hydrogen-bond acceptors (Lipinski definition) is 4. The molecule has 1 rings (SSSR count). The minimum absolute atomic E-state index is 0.292. The highest BCUT2D eigenvalue weighted by molar-refractivity contribution is 5.55. The van der Waals surface area contributed by atoms with Gasteiger partial charge in [-0.05, 0) is 25.0 Å². The number of hydrogen-bond donors (Lipinski definition) is 1. The zero-order chi connectivity index (χ0) is 12.3. The van der Waals surface area contributed by atoms with Gasteiger partial charge in [-0.2, -0.15) is 5.26 Å². The van der Waals surface area contributed by atoms with E-state index in [2.05, 4.69) is 30.7 Å². The van der Waals surface area contributed by atoms with E-state index in [0.717, 1.165) is 5.82 Å². The van der Waals surface area contributed by atoms with Crippen LogP contribution in [0.25, 0.3) is 0 Å². The minimum Gasteiger partial charge on any atom is -0.396 e. The number of nitriles is 1. The smallest absolute Gasteiger partial charge is 0.165 e. The number of pyridine rings is 1. The largest absolute Gasteiger partial charge is 0.396 e. The van der Waals surface area contributed by atoms with Gasteiger partial charge in [0.1, 0.15) is 11.9 Å². The Kier molecular flexibility index (Phi) is 3.73. The quantitative estimate of drug-likeness (QED) is 0.842. The van der Waals surface area contributed by atoms with Crippen molar-refractivity contribution >= 4 is 11.5 Å². The maximum Gasteiger partial charge on any atom is 0.165 e. The van der Waals surface area contributed by atoms with E-state index in [1.54, 1.807) is 6.07 Å². The fourth-order valence-electron chi connectivity index (χ4n) is 1.40. The van der Waals surface area contributed by atoms with Crippen LogP contribution in [0.4, 0.5) is 11.5 Å². The SMILES string of the molecule is CC(C)C(C)N(C)c1ccc(N)c(C#N)n1. The van der Waals surface area contributed by atoms with Gasteiger partial charge in [0.15, 0.2) is 5.69 Å². The molecule has 0 aliphatic carbocycles. The van der Waals surface area contributed by atoms with Crippen molar-refractivity contribution in [1.29, 1.82) is 5.26 Å². The van der Waals surface area contributed by atoms with Crippen LogP contribution in [0, 0.1) is 17.2 Å². The van der Waals surface area contributed by atoms with Crippen LogP contribution in [0.1, 0.15) is 26.5 Å². The van der Waals surface area contributed by atoms with E-state index in [4.69, 9.17) is 11.0 Å². The Bertz CT molecular complexity index is 406. The molecule has 1 unspecified atom stereocenters. The Balaban J connectivity index is 3.02. The lowest BCUT2D eigenvalue weighted by Crippen LogP contribution is -2.33. The number of nitrogens with two attached hydrogens (primary N) is 1. The molecule has 4 nitrogen and oxygen atoms in total. The van der Waals surface area contributed by atoms with Gasteiger partial charge >= 0.3 is 0 Å². The standard InChI is InChI=1S/C12H18N4/c1-8(2)9(3)16(4)12-6-5-10(14)11(7-13)15-12/h5-6,8-9H,14H2,1-4H3. The van der Waals surface area contributed by atoms with E-state index in [1.807, 2.05) is 19.2 Å². The fraction of sp³-hybridized carbons (Fsp3) is 0.500. The highest BCUT2D eigenvalue weighted by Gasteiger charge is 2.15. The van der Waals surface area contributed by atoms with Crippen LogP contribution in [0.5, 0.6) is 0 Å². The fourth-order valence-corrected chi connectivity index (χ4v) is 1.40. The highest BCUT2D eigenvalue weighted by atomic mass is 15.2. The molecule has 0 saturated heterocycles. The third-order valence-electron chi connectivity index (χ3n) is 2.95. The van der Waals surface area contributed by atoms with Crippen molar-refractivity contribution in [1.82, 2.24) is 4.98 Å². The van der Waals surface area contributed by atoms with Crippen LogP contribution in [0.3, 0.4) is 0 Å². The van der Waals surface area contributed by atoms with Crippen molar-refractivity contribution in [2.45, 2.75) is 26.8 Å². The van der Waals surface area contributed by atoms with Gasteiger partial charge in [0.05, 0.1) is 5.69 Å². The lowest BCUT2D eigenvalue weighted by atomic mass is 10.1.